The van der Waals surface area contributed by atoms with Crippen molar-refractivity contribution in [3.63, 3.8) is 0 Å². The third-order valence-electron chi connectivity index (χ3n) is 4.55. The molecule has 1 aliphatic heterocycles. The van der Waals surface area contributed by atoms with E-state index in [1.165, 1.54) is 6.42 Å². The lowest BCUT2D eigenvalue weighted by atomic mass is 10.1. The van der Waals surface area contributed by atoms with Crippen molar-refractivity contribution in [1.82, 2.24) is 5.32 Å². The molecule has 26 heavy (non-hydrogen) atoms. The van der Waals surface area contributed by atoms with Gasteiger partial charge < -0.3 is 14.8 Å². The van der Waals surface area contributed by atoms with Gasteiger partial charge >= 0.3 is 0 Å². The molecule has 1 fully saturated rings. The quantitative estimate of drug-likeness (QED) is 0.555. The number of fused-ring (bicyclic) bond motifs is 2. The first-order valence-corrected chi connectivity index (χ1v) is 9.49. The molecule has 0 aliphatic carbocycles. The van der Waals surface area contributed by atoms with Crippen molar-refractivity contribution in [3.05, 3.63) is 46.6 Å². The van der Waals surface area contributed by atoms with Gasteiger partial charge in [0.1, 0.15) is 24.7 Å². The molecular weight excluding hydrogens is 346 g/mol. The van der Waals surface area contributed by atoms with E-state index in [4.69, 9.17) is 15.9 Å². The minimum Gasteiger partial charge on any atom is -0.492 e. The fourth-order valence-electron chi connectivity index (χ4n) is 3.21. The molecule has 1 N–H and O–H groups in total. The highest BCUT2D eigenvalue weighted by molar-refractivity contribution is 7.24. The van der Waals surface area contributed by atoms with Crippen LogP contribution in [-0.4, -0.2) is 25.8 Å². The first-order valence-electron chi connectivity index (χ1n) is 8.67. The van der Waals surface area contributed by atoms with Crippen LogP contribution < -0.4 is 20.2 Å². The van der Waals surface area contributed by atoms with Gasteiger partial charge in [-0.15, -0.1) is 17.8 Å². The zero-order valence-electron chi connectivity index (χ0n) is 14.3. The molecule has 4 nitrogen and oxygen atoms in total. The average molecular weight is 365 g/mol. The van der Waals surface area contributed by atoms with E-state index in [-0.39, 0.29) is 12.0 Å². The van der Waals surface area contributed by atoms with Gasteiger partial charge in [0.15, 0.2) is 5.43 Å². The maximum absolute atomic E-state index is 12.8. The van der Waals surface area contributed by atoms with E-state index >= 15 is 0 Å². The van der Waals surface area contributed by atoms with Gasteiger partial charge in [-0.25, -0.2) is 0 Å². The molecule has 0 amide bonds. The predicted molar refractivity (Wildman–Crippen MR) is 106 cm³/mol. The van der Waals surface area contributed by atoms with Crippen molar-refractivity contribution < 1.29 is 9.47 Å². The average Bonchev–Trinajstić information content (AvgIpc) is 3.18. The van der Waals surface area contributed by atoms with Crippen molar-refractivity contribution in [2.45, 2.75) is 18.9 Å². The summed E-state index contributed by atoms with van der Waals surface area (Å²) in [7, 11) is 0. The van der Waals surface area contributed by atoms with E-state index in [0.717, 1.165) is 28.1 Å². The molecule has 0 bridgehead atoms. The SMILES string of the molecule is C#CCOc1ccc2c(=O)c3ccc(OCC4CCCN4)cc3sc2c1. The van der Waals surface area contributed by atoms with Gasteiger partial charge in [-0.05, 0) is 55.8 Å². The maximum Gasteiger partial charge on any atom is 0.195 e. The van der Waals surface area contributed by atoms with Crippen molar-refractivity contribution >= 4 is 31.5 Å². The molecular formula is C21H19NO3S. The monoisotopic (exact) mass is 365 g/mol. The van der Waals surface area contributed by atoms with Crippen LogP contribution in [0.5, 0.6) is 11.5 Å². The minimum absolute atomic E-state index is 0.0289. The lowest BCUT2D eigenvalue weighted by molar-refractivity contribution is 0.277. The zero-order chi connectivity index (χ0) is 17.9. The molecule has 4 rings (SSSR count). The van der Waals surface area contributed by atoms with Crippen LogP contribution in [-0.2, 0) is 0 Å². The molecule has 1 aromatic heterocycles. The largest absolute Gasteiger partial charge is 0.492 e. The van der Waals surface area contributed by atoms with Crippen molar-refractivity contribution in [2.75, 3.05) is 19.8 Å². The molecule has 5 heteroatoms. The molecule has 1 aliphatic rings. The second-order valence-electron chi connectivity index (χ2n) is 6.34. The summed E-state index contributed by atoms with van der Waals surface area (Å²) in [6.07, 6.45) is 7.58. The second kappa shape index (κ2) is 7.36. The molecule has 2 aromatic carbocycles. The van der Waals surface area contributed by atoms with Crippen LogP contribution in [0.25, 0.3) is 20.2 Å². The Kier molecular flexibility index (Phi) is 4.79. The number of ether oxygens (including phenoxy) is 2. The fraction of sp³-hybridized carbons (Fsp3) is 0.286. The van der Waals surface area contributed by atoms with Crippen LogP contribution in [0.2, 0.25) is 0 Å². The third-order valence-corrected chi connectivity index (χ3v) is 5.67. The van der Waals surface area contributed by atoms with Crippen LogP contribution in [0, 0.1) is 12.3 Å². The van der Waals surface area contributed by atoms with E-state index in [2.05, 4.69) is 11.2 Å². The van der Waals surface area contributed by atoms with Gasteiger partial charge in [0.2, 0.25) is 0 Å². The highest BCUT2D eigenvalue weighted by Crippen LogP contribution is 2.30. The Labute approximate surface area is 155 Å². The van der Waals surface area contributed by atoms with Crippen LogP contribution in [0.4, 0.5) is 0 Å². The van der Waals surface area contributed by atoms with Crippen LogP contribution >= 0.6 is 11.3 Å². The Bertz CT molecular complexity index is 1040. The molecule has 1 atom stereocenters. The topological polar surface area (TPSA) is 47.6 Å². The van der Waals surface area contributed by atoms with E-state index < -0.39 is 0 Å². The summed E-state index contributed by atoms with van der Waals surface area (Å²) in [4.78, 5) is 12.8. The van der Waals surface area contributed by atoms with Crippen molar-refractivity contribution in [2.24, 2.45) is 0 Å². The normalized spacial score (nSPS) is 16.7. The summed E-state index contributed by atoms with van der Waals surface area (Å²) < 4.78 is 13.2. The lowest BCUT2D eigenvalue weighted by Crippen LogP contribution is -2.28. The first-order chi connectivity index (χ1) is 12.7. The Morgan fingerprint density at radius 1 is 1.12 bits per heavy atom. The Morgan fingerprint density at radius 2 is 1.81 bits per heavy atom. The molecule has 3 aromatic rings. The van der Waals surface area contributed by atoms with Crippen LogP contribution in [0.15, 0.2) is 41.2 Å². The number of hydrogen-bond donors (Lipinski definition) is 1. The lowest BCUT2D eigenvalue weighted by Gasteiger charge is -2.12. The first kappa shape index (κ1) is 16.9. The van der Waals surface area contributed by atoms with E-state index in [1.807, 2.05) is 24.3 Å². The molecule has 132 valence electrons. The van der Waals surface area contributed by atoms with Gasteiger partial charge in [-0.2, -0.15) is 0 Å². The zero-order valence-corrected chi connectivity index (χ0v) is 15.1. The van der Waals surface area contributed by atoms with Gasteiger partial charge in [0.25, 0.3) is 0 Å². The van der Waals surface area contributed by atoms with Crippen molar-refractivity contribution in [1.29, 1.82) is 0 Å². The minimum atomic E-state index is 0.0289. The molecule has 0 saturated carbocycles. The van der Waals surface area contributed by atoms with Crippen molar-refractivity contribution in [3.8, 4) is 23.8 Å². The summed E-state index contributed by atoms with van der Waals surface area (Å²) in [6.45, 7) is 1.92. The Hall–Kier alpha value is -2.55. The Balaban J connectivity index is 1.67. The molecule has 1 saturated heterocycles. The Morgan fingerprint density at radius 3 is 2.42 bits per heavy atom. The van der Waals surface area contributed by atoms with Gasteiger partial charge in [-0.1, -0.05) is 5.92 Å². The van der Waals surface area contributed by atoms with E-state index in [1.54, 1.807) is 23.5 Å². The van der Waals surface area contributed by atoms with Gasteiger partial charge in [0, 0.05) is 26.2 Å². The second-order valence-corrected chi connectivity index (χ2v) is 7.43. The van der Waals surface area contributed by atoms with Crippen LogP contribution in [0.3, 0.4) is 0 Å². The number of terminal acetylenes is 1. The van der Waals surface area contributed by atoms with Crippen LogP contribution in [0.1, 0.15) is 12.8 Å². The molecule has 0 radical (unpaired) electrons. The molecule has 0 spiro atoms. The summed E-state index contributed by atoms with van der Waals surface area (Å²) in [6, 6.07) is 11.5. The predicted octanol–water partition coefficient (Wildman–Crippen LogP) is 3.56. The number of benzene rings is 2. The number of nitrogens with one attached hydrogen (secondary N) is 1. The maximum atomic E-state index is 12.8. The summed E-state index contributed by atoms with van der Waals surface area (Å²) in [5.74, 6) is 3.91. The fourth-order valence-corrected chi connectivity index (χ4v) is 4.34. The third kappa shape index (κ3) is 3.39. The van der Waals surface area contributed by atoms with E-state index in [0.29, 0.717) is 29.2 Å². The number of rotatable bonds is 5. The summed E-state index contributed by atoms with van der Waals surface area (Å²) in [5, 5.41) is 4.83. The highest BCUT2D eigenvalue weighted by atomic mass is 32.1. The highest BCUT2D eigenvalue weighted by Gasteiger charge is 2.15. The standard InChI is InChI=1S/C21H19NO3S/c1-2-10-24-15-5-7-17-19(11-15)26-20-12-16(6-8-18(20)21(17)23)25-13-14-4-3-9-22-14/h1,5-8,11-12,14,22H,3-4,9-10,13H2. The smallest absolute Gasteiger partial charge is 0.195 e. The molecule has 1 unspecified atom stereocenters. The van der Waals surface area contributed by atoms with Gasteiger partial charge in [-0.3, -0.25) is 4.79 Å². The summed E-state index contributed by atoms with van der Waals surface area (Å²) in [5.41, 5.74) is 0.0289. The summed E-state index contributed by atoms with van der Waals surface area (Å²) >= 11 is 1.56. The van der Waals surface area contributed by atoms with E-state index in [9.17, 15) is 4.79 Å². The number of hydrogen-bond acceptors (Lipinski definition) is 5. The molecule has 2 heterocycles. The van der Waals surface area contributed by atoms with Gasteiger partial charge in [0.05, 0.1) is 0 Å².